The molecule has 1 unspecified atom stereocenters. The minimum absolute atomic E-state index is 0.120. The van der Waals surface area contributed by atoms with E-state index in [-0.39, 0.29) is 34.7 Å². The number of carbonyl (C=O) groups is 2. The smallest absolute Gasteiger partial charge is 0.406 e. The van der Waals surface area contributed by atoms with Crippen molar-refractivity contribution >= 4 is 50.5 Å². The van der Waals surface area contributed by atoms with Gasteiger partial charge in [-0.1, -0.05) is 77.9 Å². The van der Waals surface area contributed by atoms with E-state index in [2.05, 4.69) is 54.9 Å². The van der Waals surface area contributed by atoms with Crippen LogP contribution in [-0.2, 0) is 4.79 Å². The third kappa shape index (κ3) is 7.92. The first-order valence-corrected chi connectivity index (χ1v) is 15.7. The van der Waals surface area contributed by atoms with Crippen LogP contribution in [-0.4, -0.2) is 50.5 Å². The number of aryl methyl sites for hydroxylation is 1. The van der Waals surface area contributed by atoms with Crippen molar-refractivity contribution in [2.24, 2.45) is 4.99 Å². The molecule has 2 heterocycles. The quantitative estimate of drug-likeness (QED) is 0.191. The number of hydrogen-bond donors (Lipinski definition) is 1. The Hall–Kier alpha value is -4.17. The maximum absolute atomic E-state index is 12.8. The molecule has 1 aromatic heterocycles. The second kappa shape index (κ2) is 13.4. The molecular formula is C31H28BrF3N6O3S. The Kier molecular flexibility index (Phi) is 9.63. The minimum atomic E-state index is -4.76. The second-order valence-corrected chi connectivity index (χ2v) is 12.5. The summed E-state index contributed by atoms with van der Waals surface area (Å²) in [6, 6.07) is 18.1. The number of amides is 3. The maximum atomic E-state index is 12.8. The lowest BCUT2D eigenvalue weighted by Gasteiger charge is -2.22. The van der Waals surface area contributed by atoms with Crippen molar-refractivity contribution in [3.05, 3.63) is 89.7 Å². The summed E-state index contributed by atoms with van der Waals surface area (Å²) in [4.78, 5) is 35.4. The highest BCUT2D eigenvalue weighted by atomic mass is 79.9. The maximum Gasteiger partial charge on any atom is 0.573 e. The molecular weight excluding hydrogens is 673 g/mol. The van der Waals surface area contributed by atoms with E-state index in [0.29, 0.717) is 16.7 Å². The van der Waals surface area contributed by atoms with Gasteiger partial charge in [0.2, 0.25) is 5.91 Å². The summed E-state index contributed by atoms with van der Waals surface area (Å²) in [6.45, 7) is 6.32. The van der Waals surface area contributed by atoms with Gasteiger partial charge in [-0.15, -0.1) is 18.3 Å². The average molecular weight is 702 g/mol. The zero-order valence-electron chi connectivity index (χ0n) is 24.4. The van der Waals surface area contributed by atoms with Gasteiger partial charge in [0, 0.05) is 12.1 Å². The first-order chi connectivity index (χ1) is 21.4. The number of rotatable bonds is 8. The first-order valence-electron chi connectivity index (χ1n) is 13.8. The molecule has 1 saturated heterocycles. The number of nitrogens with one attached hydrogen (secondary N) is 1. The molecule has 3 amide bonds. The molecule has 0 bridgehead atoms. The van der Waals surface area contributed by atoms with Gasteiger partial charge in [0.25, 0.3) is 0 Å². The molecule has 1 aliphatic heterocycles. The topological polar surface area (TPSA) is 102 Å². The summed E-state index contributed by atoms with van der Waals surface area (Å²) in [7, 11) is 0. The fourth-order valence-electron chi connectivity index (χ4n) is 4.60. The van der Waals surface area contributed by atoms with Crippen LogP contribution in [0, 0.1) is 6.92 Å². The highest BCUT2D eigenvalue weighted by Gasteiger charge is 2.33. The van der Waals surface area contributed by atoms with Gasteiger partial charge in [-0.3, -0.25) is 9.69 Å². The minimum Gasteiger partial charge on any atom is -0.406 e. The van der Waals surface area contributed by atoms with Gasteiger partial charge in [0.15, 0.2) is 11.0 Å². The van der Waals surface area contributed by atoms with E-state index in [1.165, 1.54) is 51.9 Å². The number of urea groups is 1. The number of carbonyl (C=O) groups excluding carboxylic acids is 2. The van der Waals surface area contributed by atoms with Crippen LogP contribution in [0.15, 0.2) is 78.0 Å². The Balaban J connectivity index is 1.20. The van der Waals surface area contributed by atoms with Crippen molar-refractivity contribution in [1.29, 1.82) is 0 Å². The molecule has 3 aromatic carbocycles. The number of alkyl halides is 4. The highest BCUT2D eigenvalue weighted by molar-refractivity contribution is 9.09. The van der Waals surface area contributed by atoms with Crippen molar-refractivity contribution in [2.75, 3.05) is 17.2 Å². The zero-order valence-corrected chi connectivity index (χ0v) is 26.8. The Bertz CT molecular complexity index is 1730. The summed E-state index contributed by atoms with van der Waals surface area (Å²) < 4.78 is 42.6. The van der Waals surface area contributed by atoms with Gasteiger partial charge < -0.3 is 10.1 Å². The van der Waals surface area contributed by atoms with E-state index in [4.69, 9.17) is 0 Å². The monoisotopic (exact) mass is 700 g/mol. The molecule has 1 fully saturated rings. The van der Waals surface area contributed by atoms with Crippen molar-refractivity contribution in [2.45, 2.75) is 37.9 Å². The van der Waals surface area contributed by atoms with Gasteiger partial charge in [0.05, 0.1) is 22.0 Å². The molecule has 4 aromatic rings. The van der Waals surface area contributed by atoms with Crippen LogP contribution in [0.2, 0.25) is 0 Å². The summed E-state index contributed by atoms with van der Waals surface area (Å²) in [5.74, 6) is 0.372. The summed E-state index contributed by atoms with van der Waals surface area (Å²) >= 11 is 4.84. The molecule has 1 atom stereocenters. The third-order valence-electron chi connectivity index (χ3n) is 6.80. The molecule has 0 saturated carbocycles. The molecule has 0 spiro atoms. The molecule has 0 aliphatic carbocycles. The number of benzene rings is 3. The Morgan fingerprint density at radius 2 is 1.82 bits per heavy atom. The van der Waals surface area contributed by atoms with E-state index in [9.17, 15) is 22.8 Å². The lowest BCUT2D eigenvalue weighted by molar-refractivity contribution is -0.274. The molecule has 234 valence electrons. The van der Waals surface area contributed by atoms with Gasteiger partial charge in [-0.2, -0.15) is 4.99 Å². The summed E-state index contributed by atoms with van der Waals surface area (Å²) in [5, 5.41) is 7.57. The predicted octanol–water partition coefficient (Wildman–Crippen LogP) is 7.55. The van der Waals surface area contributed by atoms with Crippen LogP contribution in [0.4, 0.5) is 23.7 Å². The summed E-state index contributed by atoms with van der Waals surface area (Å²) in [5.41, 5.74) is 4.89. The van der Waals surface area contributed by atoms with Crippen LogP contribution in [0.25, 0.3) is 17.1 Å². The molecule has 1 N–H and O–H groups in total. The summed E-state index contributed by atoms with van der Waals surface area (Å²) in [6.07, 6.45) is -3.30. The van der Waals surface area contributed by atoms with E-state index < -0.39 is 12.4 Å². The number of amidine groups is 1. The number of ether oxygens (including phenoxy) is 1. The highest BCUT2D eigenvalue weighted by Crippen LogP contribution is 2.34. The number of aromatic nitrogens is 3. The van der Waals surface area contributed by atoms with Crippen molar-refractivity contribution in [1.82, 2.24) is 20.1 Å². The zero-order chi connectivity index (χ0) is 32.3. The number of hydrogen-bond acceptors (Lipinski definition) is 6. The molecule has 45 heavy (non-hydrogen) atoms. The van der Waals surface area contributed by atoms with Crippen LogP contribution in [0.1, 0.15) is 41.3 Å². The fourth-order valence-corrected chi connectivity index (χ4v) is 5.93. The normalized spacial score (nSPS) is 15.2. The average Bonchev–Trinajstić information content (AvgIpc) is 3.62. The predicted molar refractivity (Wildman–Crippen MR) is 171 cm³/mol. The molecule has 1 aliphatic rings. The molecule has 9 nitrogen and oxygen atoms in total. The van der Waals surface area contributed by atoms with E-state index in [0.717, 1.165) is 27.9 Å². The Morgan fingerprint density at radius 1 is 1.11 bits per heavy atom. The van der Waals surface area contributed by atoms with Gasteiger partial charge in [-0.05, 0) is 59.9 Å². The largest absolute Gasteiger partial charge is 0.573 e. The van der Waals surface area contributed by atoms with Crippen LogP contribution in [0.5, 0.6) is 5.75 Å². The number of nitrogens with zero attached hydrogens (tertiary/aromatic N) is 5. The molecule has 0 radical (unpaired) electrons. The number of anilines is 1. The van der Waals surface area contributed by atoms with Crippen LogP contribution < -0.4 is 15.0 Å². The van der Waals surface area contributed by atoms with Gasteiger partial charge in [-0.25, -0.2) is 14.5 Å². The van der Waals surface area contributed by atoms with Gasteiger partial charge in [0.1, 0.15) is 12.1 Å². The second-order valence-electron chi connectivity index (χ2n) is 10.5. The van der Waals surface area contributed by atoms with E-state index in [1.54, 1.807) is 0 Å². The Labute approximate surface area is 270 Å². The SMILES string of the molecule is Cc1ccc(C(C)C)c(N2C(=O)CS/C2=N/C(=O)NCC(Br)c2ccc(-c3ncn(-c4ccc(OC(F)(F)F)cc4)n3)cc2)c1. The van der Waals surface area contributed by atoms with Crippen molar-refractivity contribution < 1.29 is 27.5 Å². The van der Waals surface area contributed by atoms with Crippen molar-refractivity contribution in [3.63, 3.8) is 0 Å². The Morgan fingerprint density at radius 3 is 2.49 bits per heavy atom. The standard InChI is InChI=1S/C31H28BrF3N6O3S/c1-18(2)24-13-4-19(3)14-26(24)41-27(42)16-45-30(41)38-29(43)36-15-25(32)20-5-7-21(8-6-20)28-37-17-40(39-28)22-9-11-23(12-10-22)44-31(33,34)35/h4-14,17-18,25H,15-16H2,1-3H3,(H,36,43)/b38-30+. The first kappa shape index (κ1) is 32.2. The molecule has 14 heteroatoms. The van der Waals surface area contributed by atoms with E-state index >= 15 is 0 Å². The number of aliphatic imine (C=N–C) groups is 1. The number of thioether (sulfide) groups is 1. The van der Waals surface area contributed by atoms with Crippen LogP contribution in [0.3, 0.4) is 0 Å². The van der Waals surface area contributed by atoms with E-state index in [1.807, 2.05) is 49.4 Å². The van der Waals surface area contributed by atoms with Crippen molar-refractivity contribution in [3.8, 4) is 22.8 Å². The molecule has 5 rings (SSSR count). The fraction of sp³-hybridized carbons (Fsp3) is 0.258. The lowest BCUT2D eigenvalue weighted by atomic mass is 9.99. The number of halogens is 4. The van der Waals surface area contributed by atoms with Crippen LogP contribution >= 0.6 is 27.7 Å². The lowest BCUT2D eigenvalue weighted by Crippen LogP contribution is -2.32. The third-order valence-corrected chi connectivity index (χ3v) is 8.58. The van der Waals surface area contributed by atoms with Gasteiger partial charge >= 0.3 is 12.4 Å².